The quantitative estimate of drug-likeness (QED) is 0.516. The van der Waals surface area contributed by atoms with Gasteiger partial charge < -0.3 is 15.0 Å². The molecule has 25 heavy (non-hydrogen) atoms. The second-order valence-corrected chi connectivity index (χ2v) is 5.63. The Bertz CT molecular complexity index is 961. The van der Waals surface area contributed by atoms with E-state index in [2.05, 4.69) is 15.3 Å². The van der Waals surface area contributed by atoms with E-state index < -0.39 is 0 Å². The molecular formula is C18H18N4O2Pb. The van der Waals surface area contributed by atoms with Gasteiger partial charge in [0.25, 0.3) is 0 Å². The van der Waals surface area contributed by atoms with E-state index in [-0.39, 0.29) is 39.8 Å². The first-order valence-electron chi connectivity index (χ1n) is 7.64. The Morgan fingerprint density at radius 3 is 2.76 bits per heavy atom. The summed E-state index contributed by atoms with van der Waals surface area (Å²) < 4.78 is 5.25. The third-order valence-corrected chi connectivity index (χ3v) is 4.02. The Morgan fingerprint density at radius 2 is 1.96 bits per heavy atom. The number of amides is 1. The predicted octanol–water partition coefficient (Wildman–Crippen LogP) is 2.12. The van der Waals surface area contributed by atoms with Crippen molar-refractivity contribution in [2.75, 3.05) is 23.9 Å². The Morgan fingerprint density at radius 1 is 1.16 bits per heavy atom. The molecule has 1 N–H and O–H groups in total. The van der Waals surface area contributed by atoms with Crippen molar-refractivity contribution in [3.63, 3.8) is 0 Å². The van der Waals surface area contributed by atoms with Crippen LogP contribution in [0.5, 0.6) is 5.75 Å². The fourth-order valence-corrected chi connectivity index (χ4v) is 2.96. The van der Waals surface area contributed by atoms with E-state index in [1.807, 2.05) is 54.3 Å². The van der Waals surface area contributed by atoms with Gasteiger partial charge in [-0.2, -0.15) is 0 Å². The molecule has 0 atom stereocenters. The third-order valence-electron chi connectivity index (χ3n) is 4.02. The van der Waals surface area contributed by atoms with Crippen LogP contribution in [0.25, 0.3) is 10.9 Å². The molecule has 1 amide bonds. The number of anilines is 3. The molecule has 1 aliphatic rings. The number of para-hydroxylation sites is 1. The summed E-state index contributed by atoms with van der Waals surface area (Å²) in [6.45, 7) is 2.06. The van der Waals surface area contributed by atoms with E-state index in [1.165, 1.54) is 0 Å². The number of fused-ring (bicyclic) bond motifs is 2. The van der Waals surface area contributed by atoms with E-state index in [1.54, 1.807) is 7.11 Å². The monoisotopic (exact) mass is 530 g/mol. The summed E-state index contributed by atoms with van der Waals surface area (Å²) in [5.41, 5.74) is 2.46. The second kappa shape index (κ2) is 6.95. The predicted molar refractivity (Wildman–Crippen MR) is 101 cm³/mol. The fourth-order valence-electron chi connectivity index (χ4n) is 2.96. The molecule has 3 aromatic rings. The molecule has 0 spiro atoms. The van der Waals surface area contributed by atoms with Crippen LogP contribution in [-0.4, -0.2) is 56.8 Å². The number of ether oxygens (including phenoxy) is 1. The van der Waals surface area contributed by atoms with Gasteiger partial charge in [0.1, 0.15) is 23.9 Å². The molecule has 1 aliphatic heterocycles. The van der Waals surface area contributed by atoms with Gasteiger partial charge in [0.15, 0.2) is 0 Å². The number of hydrogen-bond acceptors (Lipinski definition) is 5. The minimum absolute atomic E-state index is 0. The molecule has 0 saturated heterocycles. The van der Waals surface area contributed by atoms with Crippen molar-refractivity contribution >= 4 is 61.3 Å². The summed E-state index contributed by atoms with van der Waals surface area (Å²) >= 11 is 0. The molecule has 6 nitrogen and oxygen atoms in total. The second-order valence-electron chi connectivity index (χ2n) is 5.63. The van der Waals surface area contributed by atoms with Crippen molar-refractivity contribution in [2.45, 2.75) is 6.92 Å². The minimum atomic E-state index is -0.0869. The van der Waals surface area contributed by atoms with Crippen molar-refractivity contribution in [3.8, 4) is 5.75 Å². The van der Waals surface area contributed by atoms with Crippen LogP contribution >= 0.6 is 0 Å². The van der Waals surface area contributed by atoms with Gasteiger partial charge in [0.2, 0.25) is 5.91 Å². The molecule has 0 saturated carbocycles. The molecule has 0 aliphatic carbocycles. The molecule has 1 aromatic heterocycles. The molecule has 126 valence electrons. The first-order chi connectivity index (χ1) is 11.7. The number of nitrogens with zero attached hydrogens (tertiary/aromatic N) is 3. The van der Waals surface area contributed by atoms with Crippen LogP contribution in [0.3, 0.4) is 0 Å². The van der Waals surface area contributed by atoms with E-state index in [0.29, 0.717) is 17.3 Å². The summed E-state index contributed by atoms with van der Waals surface area (Å²) in [4.78, 5) is 23.2. The SMILES string of the molecule is COc1ccc2c(c1)NC(=O)CN2c1nc(C)nc2ccccc12.[PbH2]. The van der Waals surface area contributed by atoms with E-state index >= 15 is 0 Å². The van der Waals surface area contributed by atoms with E-state index in [4.69, 9.17) is 4.74 Å². The zero-order valence-electron chi connectivity index (χ0n) is 14.1. The van der Waals surface area contributed by atoms with Crippen LogP contribution in [-0.2, 0) is 4.79 Å². The molecular weight excluding hydrogens is 511 g/mol. The van der Waals surface area contributed by atoms with Crippen molar-refractivity contribution in [3.05, 3.63) is 48.3 Å². The van der Waals surface area contributed by atoms with Crippen LogP contribution in [0, 0.1) is 6.92 Å². The third kappa shape index (κ3) is 3.18. The number of nitrogens with one attached hydrogen (secondary N) is 1. The number of methoxy groups -OCH3 is 1. The van der Waals surface area contributed by atoms with Gasteiger partial charge >= 0.3 is 27.3 Å². The maximum absolute atomic E-state index is 12.2. The van der Waals surface area contributed by atoms with Gasteiger partial charge in [-0.25, -0.2) is 9.97 Å². The number of aromatic nitrogens is 2. The van der Waals surface area contributed by atoms with Gasteiger partial charge in [-0.15, -0.1) is 0 Å². The van der Waals surface area contributed by atoms with Crippen LogP contribution in [0.4, 0.5) is 17.2 Å². The molecule has 7 heteroatoms. The number of rotatable bonds is 2. The topological polar surface area (TPSA) is 67.3 Å². The van der Waals surface area contributed by atoms with Crippen molar-refractivity contribution in [2.24, 2.45) is 0 Å². The average Bonchev–Trinajstić information content (AvgIpc) is 2.59. The fraction of sp³-hybridized carbons (Fsp3) is 0.167. The number of carbonyl (C=O) groups is 1. The Hall–Kier alpha value is -2.23. The summed E-state index contributed by atoms with van der Waals surface area (Å²) in [5.74, 6) is 2.01. The van der Waals surface area contributed by atoms with Crippen LogP contribution in [0.2, 0.25) is 0 Å². The normalized spacial score (nSPS) is 13.0. The zero-order chi connectivity index (χ0) is 16.7. The summed E-state index contributed by atoms with van der Waals surface area (Å²) in [7, 11) is 1.60. The van der Waals surface area contributed by atoms with Crippen LogP contribution in [0.1, 0.15) is 5.82 Å². The van der Waals surface area contributed by atoms with Crippen molar-refractivity contribution in [1.29, 1.82) is 0 Å². The number of hydrogen-bond donors (Lipinski definition) is 1. The average molecular weight is 530 g/mol. The van der Waals surface area contributed by atoms with Crippen LogP contribution < -0.4 is 15.0 Å². The van der Waals surface area contributed by atoms with Gasteiger partial charge in [0, 0.05) is 11.5 Å². The molecule has 2 radical (unpaired) electrons. The van der Waals surface area contributed by atoms with Crippen molar-refractivity contribution < 1.29 is 9.53 Å². The summed E-state index contributed by atoms with van der Waals surface area (Å²) in [6, 6.07) is 13.4. The van der Waals surface area contributed by atoms with E-state index in [9.17, 15) is 4.79 Å². The number of aryl methyl sites for hydroxylation is 1. The van der Waals surface area contributed by atoms with Crippen molar-refractivity contribution in [1.82, 2.24) is 9.97 Å². The molecule has 2 heterocycles. The molecule has 0 fully saturated rings. The Kier molecular flexibility index (Phi) is 4.89. The van der Waals surface area contributed by atoms with Gasteiger partial charge in [0.05, 0.1) is 24.0 Å². The molecule has 2 aromatic carbocycles. The van der Waals surface area contributed by atoms with Gasteiger partial charge in [-0.05, 0) is 31.2 Å². The Labute approximate surface area is 165 Å². The van der Waals surface area contributed by atoms with Crippen LogP contribution in [0.15, 0.2) is 42.5 Å². The van der Waals surface area contributed by atoms with Gasteiger partial charge in [-0.3, -0.25) is 4.79 Å². The number of benzene rings is 2. The first-order valence-corrected chi connectivity index (χ1v) is 7.64. The number of carbonyl (C=O) groups excluding carboxylic acids is 1. The van der Waals surface area contributed by atoms with E-state index in [0.717, 1.165) is 22.4 Å². The first kappa shape index (κ1) is 17.6. The Balaban J connectivity index is 0.00000182. The maximum atomic E-state index is 12.2. The zero-order valence-corrected chi connectivity index (χ0v) is 19.6. The van der Waals surface area contributed by atoms with Gasteiger partial charge in [-0.1, -0.05) is 12.1 Å². The molecule has 0 bridgehead atoms. The summed E-state index contributed by atoms with van der Waals surface area (Å²) in [6.07, 6.45) is 0. The molecule has 4 rings (SSSR count). The molecule has 0 unspecified atom stereocenters. The summed E-state index contributed by atoms with van der Waals surface area (Å²) in [5, 5.41) is 3.81. The standard InChI is InChI=1S/C18H16N4O2.Pb.2H/c1-11-19-14-6-4-3-5-13(14)18(20-11)22-10-17(23)21-15-9-12(24-2)7-8-16(15)22;;;/h3-9H,10H2,1-2H3,(H,21,23);;;.